The molecule has 1 unspecified atom stereocenters. The van der Waals surface area contributed by atoms with E-state index in [4.69, 9.17) is 4.74 Å². The molecule has 1 aromatic rings. The van der Waals surface area contributed by atoms with E-state index in [1.165, 1.54) is 6.42 Å². The largest absolute Gasteiger partial charge is 0.444 e. The molecule has 5 nitrogen and oxygen atoms in total. The number of rotatable bonds is 5. The molecule has 124 valence electrons. The monoisotopic (exact) mass is 316 g/mol. The maximum Gasteiger partial charge on any atom is 0.414 e. The van der Waals surface area contributed by atoms with Crippen LogP contribution in [-0.4, -0.2) is 31.2 Å². The summed E-state index contributed by atoms with van der Waals surface area (Å²) >= 11 is 0. The molecule has 2 aliphatic rings. The van der Waals surface area contributed by atoms with Crippen LogP contribution in [0.3, 0.4) is 0 Å². The van der Waals surface area contributed by atoms with Crippen molar-refractivity contribution in [3.63, 3.8) is 0 Å². The van der Waals surface area contributed by atoms with Gasteiger partial charge >= 0.3 is 6.09 Å². The van der Waals surface area contributed by atoms with Crippen molar-refractivity contribution in [1.29, 1.82) is 0 Å². The van der Waals surface area contributed by atoms with Crippen molar-refractivity contribution in [2.75, 3.05) is 18.0 Å². The van der Waals surface area contributed by atoms with Crippen molar-refractivity contribution in [3.8, 4) is 0 Å². The van der Waals surface area contributed by atoms with E-state index in [0.29, 0.717) is 19.5 Å². The highest BCUT2D eigenvalue weighted by molar-refractivity contribution is 5.89. The van der Waals surface area contributed by atoms with Gasteiger partial charge in [-0.1, -0.05) is 37.5 Å². The summed E-state index contributed by atoms with van der Waals surface area (Å²) in [5, 5.41) is 3.00. The Morgan fingerprint density at radius 2 is 1.91 bits per heavy atom. The lowest BCUT2D eigenvalue weighted by molar-refractivity contribution is -0.125. The summed E-state index contributed by atoms with van der Waals surface area (Å²) < 4.78 is 5.39. The number of hydrogen-bond donors (Lipinski definition) is 1. The van der Waals surface area contributed by atoms with Gasteiger partial charge in [0, 0.05) is 24.6 Å². The maximum absolute atomic E-state index is 12.1. The minimum absolute atomic E-state index is 0.158. The fourth-order valence-corrected chi connectivity index (χ4v) is 3.36. The molecule has 1 aliphatic carbocycles. The van der Waals surface area contributed by atoms with Crippen molar-refractivity contribution in [2.45, 2.75) is 44.6 Å². The zero-order chi connectivity index (χ0) is 16.1. The molecule has 1 aromatic carbocycles. The fraction of sp³-hybridized carbons (Fsp3) is 0.556. The number of para-hydroxylation sites is 1. The standard InChI is InChI=1S/C18H24N2O3/c21-17(14-7-3-1-4-8-14)19-12-11-16-13-20(18(22)23-16)15-9-5-2-6-10-15/h2,5-6,9-10,14,16H,1,3-4,7-8,11-13H2,(H,19,21). The van der Waals surface area contributed by atoms with Crippen molar-refractivity contribution in [2.24, 2.45) is 5.92 Å². The van der Waals surface area contributed by atoms with Crippen LogP contribution in [0.5, 0.6) is 0 Å². The van der Waals surface area contributed by atoms with Gasteiger partial charge in [-0.15, -0.1) is 0 Å². The molecular weight excluding hydrogens is 292 g/mol. The molecular formula is C18H24N2O3. The van der Waals surface area contributed by atoms with E-state index < -0.39 is 0 Å². The van der Waals surface area contributed by atoms with Crippen molar-refractivity contribution in [3.05, 3.63) is 30.3 Å². The molecule has 0 spiro atoms. The van der Waals surface area contributed by atoms with Gasteiger partial charge in [0.25, 0.3) is 0 Å². The number of anilines is 1. The summed E-state index contributed by atoms with van der Waals surface area (Å²) in [4.78, 5) is 25.7. The first-order valence-corrected chi connectivity index (χ1v) is 8.55. The number of carbonyl (C=O) groups is 2. The molecule has 2 amide bonds. The highest BCUT2D eigenvalue weighted by Crippen LogP contribution is 2.24. The van der Waals surface area contributed by atoms with Crippen LogP contribution in [0.25, 0.3) is 0 Å². The minimum atomic E-state index is -0.306. The summed E-state index contributed by atoms with van der Waals surface area (Å²) in [6.07, 6.45) is 5.77. The van der Waals surface area contributed by atoms with E-state index in [0.717, 1.165) is 31.4 Å². The summed E-state index contributed by atoms with van der Waals surface area (Å²) in [7, 11) is 0. The lowest BCUT2D eigenvalue weighted by Gasteiger charge is -2.21. The SMILES string of the molecule is O=C(NCCC1CN(c2ccccc2)C(=O)O1)C1CCCCC1. The van der Waals surface area contributed by atoms with Gasteiger partial charge in [-0.05, 0) is 25.0 Å². The lowest BCUT2D eigenvalue weighted by Crippen LogP contribution is -2.34. The van der Waals surface area contributed by atoms with Crippen molar-refractivity contribution >= 4 is 17.7 Å². The number of cyclic esters (lactones) is 1. The van der Waals surface area contributed by atoms with E-state index in [-0.39, 0.29) is 24.0 Å². The zero-order valence-corrected chi connectivity index (χ0v) is 13.4. The second-order valence-electron chi connectivity index (χ2n) is 6.37. The fourth-order valence-electron chi connectivity index (χ4n) is 3.36. The zero-order valence-electron chi connectivity index (χ0n) is 13.4. The van der Waals surface area contributed by atoms with Gasteiger partial charge in [0.2, 0.25) is 5.91 Å². The topological polar surface area (TPSA) is 58.6 Å². The first kappa shape index (κ1) is 15.8. The predicted octanol–water partition coefficient (Wildman–Crippen LogP) is 3.10. The molecule has 3 rings (SSSR count). The third kappa shape index (κ3) is 4.03. The molecule has 0 aromatic heterocycles. The van der Waals surface area contributed by atoms with Crippen molar-refractivity contribution < 1.29 is 14.3 Å². The van der Waals surface area contributed by atoms with Crippen LogP contribution < -0.4 is 10.2 Å². The lowest BCUT2D eigenvalue weighted by atomic mass is 9.88. The highest BCUT2D eigenvalue weighted by atomic mass is 16.6. The first-order chi connectivity index (χ1) is 11.2. The second-order valence-corrected chi connectivity index (χ2v) is 6.37. The van der Waals surface area contributed by atoms with Gasteiger partial charge in [-0.25, -0.2) is 4.79 Å². The summed E-state index contributed by atoms with van der Waals surface area (Å²) in [6.45, 7) is 1.11. The Hall–Kier alpha value is -2.04. The Morgan fingerprint density at radius 1 is 1.17 bits per heavy atom. The molecule has 23 heavy (non-hydrogen) atoms. The number of benzene rings is 1. The highest BCUT2D eigenvalue weighted by Gasteiger charge is 2.32. The number of nitrogens with zero attached hydrogens (tertiary/aromatic N) is 1. The van der Waals surface area contributed by atoms with Crippen LogP contribution in [-0.2, 0) is 9.53 Å². The maximum atomic E-state index is 12.1. The average molecular weight is 316 g/mol. The van der Waals surface area contributed by atoms with E-state index in [9.17, 15) is 9.59 Å². The summed E-state index contributed by atoms with van der Waals surface area (Å²) in [5.74, 6) is 0.338. The molecule has 1 aliphatic heterocycles. The van der Waals surface area contributed by atoms with Gasteiger partial charge in [0.1, 0.15) is 6.10 Å². The van der Waals surface area contributed by atoms with Crippen LogP contribution in [0.4, 0.5) is 10.5 Å². The number of amides is 2. The number of carbonyl (C=O) groups excluding carboxylic acids is 2. The first-order valence-electron chi connectivity index (χ1n) is 8.55. The van der Waals surface area contributed by atoms with E-state index >= 15 is 0 Å². The molecule has 0 radical (unpaired) electrons. The summed E-state index contributed by atoms with van der Waals surface area (Å²) in [6, 6.07) is 9.52. The number of ether oxygens (including phenoxy) is 1. The van der Waals surface area contributed by atoms with Gasteiger partial charge in [0.05, 0.1) is 6.54 Å². The molecule has 2 fully saturated rings. The van der Waals surface area contributed by atoms with Gasteiger partial charge in [-0.2, -0.15) is 0 Å². The quantitative estimate of drug-likeness (QED) is 0.908. The van der Waals surface area contributed by atoms with E-state index in [1.54, 1.807) is 4.90 Å². The molecule has 1 saturated heterocycles. The Morgan fingerprint density at radius 3 is 2.65 bits per heavy atom. The van der Waals surface area contributed by atoms with Crippen LogP contribution >= 0.6 is 0 Å². The normalized spacial score (nSPS) is 22.0. The Bertz CT molecular complexity index is 540. The van der Waals surface area contributed by atoms with Crippen LogP contribution in [0.1, 0.15) is 38.5 Å². The van der Waals surface area contributed by atoms with E-state index in [2.05, 4.69) is 5.32 Å². The third-order valence-corrected chi connectivity index (χ3v) is 4.68. The second kappa shape index (κ2) is 7.49. The number of nitrogens with one attached hydrogen (secondary N) is 1. The Kier molecular flexibility index (Phi) is 5.16. The smallest absolute Gasteiger partial charge is 0.414 e. The average Bonchev–Trinajstić information content (AvgIpc) is 2.97. The molecule has 1 atom stereocenters. The summed E-state index contributed by atoms with van der Waals surface area (Å²) in [5.41, 5.74) is 0.853. The Balaban J connectivity index is 1.43. The van der Waals surface area contributed by atoms with Gasteiger partial charge in [-0.3, -0.25) is 9.69 Å². The van der Waals surface area contributed by atoms with Crippen LogP contribution in [0.2, 0.25) is 0 Å². The predicted molar refractivity (Wildman–Crippen MR) is 88.3 cm³/mol. The van der Waals surface area contributed by atoms with E-state index in [1.807, 2.05) is 30.3 Å². The van der Waals surface area contributed by atoms with Gasteiger partial charge in [0.15, 0.2) is 0 Å². The molecule has 1 heterocycles. The van der Waals surface area contributed by atoms with Crippen LogP contribution in [0, 0.1) is 5.92 Å². The molecule has 5 heteroatoms. The number of hydrogen-bond acceptors (Lipinski definition) is 3. The Labute approximate surface area is 137 Å². The van der Waals surface area contributed by atoms with Crippen molar-refractivity contribution in [1.82, 2.24) is 5.32 Å². The van der Waals surface area contributed by atoms with Crippen LogP contribution in [0.15, 0.2) is 30.3 Å². The molecule has 0 bridgehead atoms. The third-order valence-electron chi connectivity index (χ3n) is 4.68. The molecule has 1 N–H and O–H groups in total. The minimum Gasteiger partial charge on any atom is -0.444 e. The van der Waals surface area contributed by atoms with Gasteiger partial charge < -0.3 is 10.1 Å². The molecule has 1 saturated carbocycles.